The molecule has 0 N–H and O–H groups in total. The van der Waals surface area contributed by atoms with Crippen LogP contribution >= 0.6 is 0 Å². The van der Waals surface area contributed by atoms with Gasteiger partial charge in [0.2, 0.25) is 0 Å². The van der Waals surface area contributed by atoms with Crippen LogP contribution in [0.1, 0.15) is 56.0 Å². The monoisotopic (exact) mass is 409 g/mol. The molecule has 1 aromatic heterocycles. The third kappa shape index (κ3) is 5.21. The minimum absolute atomic E-state index is 0.0707. The van der Waals surface area contributed by atoms with E-state index in [9.17, 15) is 4.79 Å². The lowest BCUT2D eigenvalue weighted by molar-refractivity contribution is -0.139. The van der Waals surface area contributed by atoms with Crippen LogP contribution in [0.2, 0.25) is 0 Å². The maximum Gasteiger partial charge on any atom is 0.309 e. The molecule has 1 heterocycles. The van der Waals surface area contributed by atoms with Crippen LogP contribution in [0.5, 0.6) is 5.75 Å². The number of methoxy groups -OCH3 is 1. The van der Waals surface area contributed by atoms with Gasteiger partial charge in [0, 0.05) is 10.9 Å². The highest BCUT2D eigenvalue weighted by molar-refractivity contribution is 5.84. The molecule has 0 saturated heterocycles. The molecule has 0 aliphatic carbocycles. The predicted molar refractivity (Wildman–Crippen MR) is 118 cm³/mol. The molecule has 5 heteroatoms. The number of hydrogen-bond donors (Lipinski definition) is 0. The number of rotatable bonds is 10. The van der Waals surface area contributed by atoms with E-state index >= 15 is 0 Å². The van der Waals surface area contributed by atoms with Gasteiger partial charge in [0.25, 0.3) is 0 Å². The fourth-order valence-corrected chi connectivity index (χ4v) is 3.65. The Hall–Kier alpha value is -2.82. The number of benzene rings is 2. The van der Waals surface area contributed by atoms with Crippen molar-refractivity contribution in [2.45, 2.75) is 65.4 Å². The highest BCUT2D eigenvalue weighted by atomic mass is 16.5. The van der Waals surface area contributed by atoms with Crippen molar-refractivity contribution in [3.63, 3.8) is 0 Å². The van der Waals surface area contributed by atoms with Gasteiger partial charge in [-0.05, 0) is 55.9 Å². The Morgan fingerprint density at radius 3 is 2.47 bits per heavy atom. The van der Waals surface area contributed by atoms with Gasteiger partial charge in [-0.1, -0.05) is 49.7 Å². The van der Waals surface area contributed by atoms with Crippen LogP contribution in [0.3, 0.4) is 0 Å². The second kappa shape index (κ2) is 10.3. The zero-order valence-electron chi connectivity index (χ0n) is 18.4. The molecule has 0 amide bonds. The van der Waals surface area contributed by atoms with Gasteiger partial charge in [-0.3, -0.25) is 4.79 Å². The lowest BCUT2D eigenvalue weighted by Gasteiger charge is -2.17. The molecule has 160 valence electrons. The van der Waals surface area contributed by atoms with E-state index in [-0.39, 0.29) is 12.1 Å². The lowest BCUT2D eigenvalue weighted by Crippen LogP contribution is -2.14. The Kier molecular flexibility index (Phi) is 7.50. The summed E-state index contributed by atoms with van der Waals surface area (Å²) in [5.41, 5.74) is 5.16. The number of aryl methyl sites for hydroxylation is 3. The summed E-state index contributed by atoms with van der Waals surface area (Å²) in [7, 11) is 1.41. The van der Waals surface area contributed by atoms with Crippen LogP contribution in [-0.2, 0) is 35.2 Å². The van der Waals surface area contributed by atoms with Crippen molar-refractivity contribution in [1.82, 2.24) is 5.16 Å². The van der Waals surface area contributed by atoms with Gasteiger partial charge in [-0.2, -0.15) is 0 Å². The Morgan fingerprint density at radius 1 is 1.07 bits per heavy atom. The largest absolute Gasteiger partial charge is 0.490 e. The minimum atomic E-state index is -0.220. The average Bonchev–Trinajstić information content (AvgIpc) is 3.18. The first-order chi connectivity index (χ1) is 14.5. The smallest absolute Gasteiger partial charge is 0.309 e. The normalized spacial score (nSPS) is 12.1. The topological polar surface area (TPSA) is 61.6 Å². The number of carbonyl (C=O) groups is 1. The second-order valence-corrected chi connectivity index (χ2v) is 7.69. The maximum absolute atomic E-state index is 11.4. The average molecular weight is 410 g/mol. The molecular weight excluding hydrogens is 378 g/mol. The van der Waals surface area contributed by atoms with Crippen molar-refractivity contribution in [2.24, 2.45) is 0 Å². The molecule has 0 fully saturated rings. The number of ether oxygens (including phenoxy) is 2. The summed E-state index contributed by atoms with van der Waals surface area (Å²) >= 11 is 0. The standard InChI is InChI=1S/C25H31NO4/c1-5-7-21-23(15-14-20-22(6-2)26-30-25(20)21)29-17(3)8-9-18-10-12-19(13-11-18)16-24(27)28-4/h10-15,17H,5-9,16H2,1-4H3. The second-order valence-electron chi connectivity index (χ2n) is 7.69. The Bertz CT molecular complexity index is 975. The van der Waals surface area contributed by atoms with E-state index in [0.29, 0.717) is 6.42 Å². The molecule has 3 aromatic rings. The number of aromatic nitrogens is 1. The molecule has 3 rings (SSSR count). The zero-order valence-corrected chi connectivity index (χ0v) is 18.4. The molecule has 30 heavy (non-hydrogen) atoms. The first-order valence-corrected chi connectivity index (χ1v) is 10.8. The fraction of sp³-hybridized carbons (Fsp3) is 0.440. The van der Waals surface area contributed by atoms with Gasteiger partial charge in [0.05, 0.1) is 25.3 Å². The summed E-state index contributed by atoms with van der Waals surface area (Å²) in [5, 5.41) is 5.31. The third-order valence-electron chi connectivity index (χ3n) is 5.38. The van der Waals surface area contributed by atoms with E-state index in [1.165, 1.54) is 12.7 Å². The molecule has 1 unspecified atom stereocenters. The number of fused-ring (bicyclic) bond motifs is 1. The van der Waals surface area contributed by atoms with Crippen molar-refractivity contribution in [2.75, 3.05) is 7.11 Å². The van der Waals surface area contributed by atoms with Crippen molar-refractivity contribution in [3.05, 3.63) is 58.8 Å². The summed E-state index contributed by atoms with van der Waals surface area (Å²) in [5.74, 6) is 0.673. The predicted octanol–water partition coefficient (Wildman–Crippen LogP) is 5.46. The number of nitrogens with zero attached hydrogens (tertiary/aromatic N) is 1. The molecule has 0 saturated carbocycles. The van der Waals surface area contributed by atoms with Gasteiger partial charge in [0.1, 0.15) is 5.75 Å². The molecule has 5 nitrogen and oxygen atoms in total. The molecule has 0 bridgehead atoms. The van der Waals surface area contributed by atoms with E-state index in [2.05, 4.69) is 50.2 Å². The van der Waals surface area contributed by atoms with Gasteiger partial charge >= 0.3 is 5.97 Å². The lowest BCUT2D eigenvalue weighted by atomic mass is 10.0. The number of carbonyl (C=O) groups excluding carboxylic acids is 1. The molecule has 0 radical (unpaired) electrons. The summed E-state index contributed by atoms with van der Waals surface area (Å²) in [6, 6.07) is 12.2. The molecule has 0 spiro atoms. The number of esters is 1. The van der Waals surface area contributed by atoms with Crippen molar-refractivity contribution in [1.29, 1.82) is 0 Å². The molecule has 2 aromatic carbocycles. The first kappa shape index (κ1) is 21.9. The SMILES string of the molecule is CCCc1c(OC(C)CCc2ccc(CC(=O)OC)cc2)ccc2c(CC)noc12. The van der Waals surface area contributed by atoms with Gasteiger partial charge < -0.3 is 14.0 Å². The van der Waals surface area contributed by atoms with E-state index in [4.69, 9.17) is 14.0 Å². The zero-order chi connectivity index (χ0) is 21.5. The summed E-state index contributed by atoms with van der Waals surface area (Å²) in [6.45, 7) is 6.35. The van der Waals surface area contributed by atoms with E-state index in [0.717, 1.165) is 65.6 Å². The number of hydrogen-bond acceptors (Lipinski definition) is 5. The summed E-state index contributed by atoms with van der Waals surface area (Å²) < 4.78 is 16.7. The maximum atomic E-state index is 11.4. The van der Waals surface area contributed by atoms with Crippen LogP contribution in [0.4, 0.5) is 0 Å². The molecular formula is C25H31NO4. The van der Waals surface area contributed by atoms with Crippen LogP contribution in [0.15, 0.2) is 40.9 Å². The highest BCUT2D eigenvalue weighted by Gasteiger charge is 2.17. The fourth-order valence-electron chi connectivity index (χ4n) is 3.65. The summed E-state index contributed by atoms with van der Waals surface area (Å²) in [4.78, 5) is 11.4. The van der Waals surface area contributed by atoms with Crippen molar-refractivity contribution < 1.29 is 18.8 Å². The Morgan fingerprint density at radius 2 is 1.80 bits per heavy atom. The molecule has 0 aliphatic rings. The van der Waals surface area contributed by atoms with Crippen LogP contribution in [0, 0.1) is 0 Å². The molecule has 1 atom stereocenters. The van der Waals surface area contributed by atoms with Gasteiger partial charge in [0.15, 0.2) is 5.58 Å². The third-order valence-corrected chi connectivity index (χ3v) is 5.38. The highest BCUT2D eigenvalue weighted by Crippen LogP contribution is 2.32. The van der Waals surface area contributed by atoms with Crippen molar-refractivity contribution in [3.8, 4) is 5.75 Å². The Labute approximate surface area is 178 Å². The van der Waals surface area contributed by atoms with Crippen LogP contribution in [-0.4, -0.2) is 24.3 Å². The van der Waals surface area contributed by atoms with Crippen LogP contribution < -0.4 is 4.74 Å². The van der Waals surface area contributed by atoms with Crippen LogP contribution in [0.25, 0.3) is 11.0 Å². The summed E-state index contributed by atoms with van der Waals surface area (Å²) in [6.07, 6.45) is 4.96. The molecule has 0 aliphatic heterocycles. The minimum Gasteiger partial charge on any atom is -0.490 e. The van der Waals surface area contributed by atoms with E-state index in [1.807, 2.05) is 12.1 Å². The van der Waals surface area contributed by atoms with Crippen molar-refractivity contribution >= 4 is 16.9 Å². The van der Waals surface area contributed by atoms with Gasteiger partial charge in [-0.25, -0.2) is 0 Å². The quantitative estimate of drug-likeness (QED) is 0.416. The van der Waals surface area contributed by atoms with E-state index in [1.54, 1.807) is 0 Å². The first-order valence-electron chi connectivity index (χ1n) is 10.8. The van der Waals surface area contributed by atoms with E-state index < -0.39 is 0 Å². The Balaban J connectivity index is 1.64. The van der Waals surface area contributed by atoms with Gasteiger partial charge in [-0.15, -0.1) is 0 Å².